The van der Waals surface area contributed by atoms with Crippen LogP contribution in [0.25, 0.3) is 0 Å². The molecule has 0 aliphatic heterocycles. The van der Waals surface area contributed by atoms with E-state index < -0.39 is 0 Å². The molecule has 1 heterocycles. The van der Waals surface area contributed by atoms with Crippen molar-refractivity contribution >= 4 is 5.91 Å². The van der Waals surface area contributed by atoms with Crippen molar-refractivity contribution in [1.82, 2.24) is 15.1 Å². The molecule has 2 rings (SSSR count). The highest BCUT2D eigenvalue weighted by atomic mass is 16.1. The fourth-order valence-electron chi connectivity index (χ4n) is 1.74. The molecule has 1 aliphatic carbocycles. The van der Waals surface area contributed by atoms with Crippen molar-refractivity contribution in [2.45, 2.75) is 31.8 Å². The molecule has 0 saturated heterocycles. The van der Waals surface area contributed by atoms with Gasteiger partial charge in [-0.1, -0.05) is 0 Å². The van der Waals surface area contributed by atoms with E-state index in [4.69, 9.17) is 5.73 Å². The van der Waals surface area contributed by atoms with Crippen LogP contribution < -0.4 is 11.1 Å². The number of hydrogen-bond donors (Lipinski definition) is 2. The summed E-state index contributed by atoms with van der Waals surface area (Å²) >= 11 is 0. The van der Waals surface area contributed by atoms with Gasteiger partial charge in [0.15, 0.2) is 0 Å². The minimum Gasteiger partial charge on any atom is -0.352 e. The molecule has 1 aliphatic rings. The number of nitrogens with zero attached hydrogens (tertiary/aromatic N) is 2. The zero-order chi connectivity index (χ0) is 11.5. The summed E-state index contributed by atoms with van der Waals surface area (Å²) in [6.07, 6.45) is 6.43. The number of nitrogens with one attached hydrogen (secondary N) is 1. The van der Waals surface area contributed by atoms with E-state index in [2.05, 4.69) is 10.4 Å². The number of aryl methyl sites for hydroxylation is 1. The predicted molar refractivity (Wildman–Crippen MR) is 60.4 cm³/mol. The fourth-order valence-corrected chi connectivity index (χ4v) is 1.74. The first kappa shape index (κ1) is 11.1. The molecule has 1 amide bonds. The number of aromatic nitrogens is 2. The molecule has 1 aromatic rings. The lowest BCUT2D eigenvalue weighted by molar-refractivity contribution is -0.121. The van der Waals surface area contributed by atoms with Gasteiger partial charge in [-0.15, -0.1) is 0 Å². The van der Waals surface area contributed by atoms with Crippen molar-refractivity contribution in [3.63, 3.8) is 0 Å². The lowest BCUT2D eigenvalue weighted by Crippen LogP contribution is -2.32. The summed E-state index contributed by atoms with van der Waals surface area (Å²) in [6, 6.07) is 0.0360. The van der Waals surface area contributed by atoms with Crippen LogP contribution in [0.15, 0.2) is 12.4 Å². The Kier molecular flexibility index (Phi) is 3.24. The molecule has 1 saturated carbocycles. The van der Waals surface area contributed by atoms with E-state index in [1.807, 2.05) is 13.2 Å². The number of amides is 1. The van der Waals surface area contributed by atoms with Gasteiger partial charge in [0, 0.05) is 37.8 Å². The smallest absolute Gasteiger partial charge is 0.221 e. The molecular weight excluding hydrogens is 204 g/mol. The van der Waals surface area contributed by atoms with E-state index in [0.717, 1.165) is 5.56 Å². The quantitative estimate of drug-likeness (QED) is 0.745. The summed E-state index contributed by atoms with van der Waals surface area (Å²) in [7, 11) is 1.86. The molecule has 0 spiro atoms. The van der Waals surface area contributed by atoms with E-state index in [1.54, 1.807) is 10.9 Å². The molecule has 1 atom stereocenters. The second-order valence-electron chi connectivity index (χ2n) is 4.50. The number of carbonyl (C=O) groups is 1. The minimum atomic E-state index is 0.0308. The third-order valence-electron chi connectivity index (χ3n) is 2.90. The number of hydrogen-bond acceptors (Lipinski definition) is 3. The van der Waals surface area contributed by atoms with E-state index >= 15 is 0 Å². The van der Waals surface area contributed by atoms with Crippen molar-refractivity contribution in [2.24, 2.45) is 18.7 Å². The summed E-state index contributed by atoms with van der Waals surface area (Å²) in [5, 5.41) is 6.89. The molecule has 0 bridgehead atoms. The number of rotatable bonds is 5. The van der Waals surface area contributed by atoms with Gasteiger partial charge in [-0.05, 0) is 18.8 Å². The van der Waals surface area contributed by atoms with Crippen molar-refractivity contribution < 1.29 is 4.79 Å². The van der Waals surface area contributed by atoms with Gasteiger partial charge in [0.1, 0.15) is 0 Å². The van der Waals surface area contributed by atoms with Crippen LogP contribution in [0.2, 0.25) is 0 Å². The van der Waals surface area contributed by atoms with Gasteiger partial charge in [-0.2, -0.15) is 5.10 Å². The van der Waals surface area contributed by atoms with E-state index in [0.29, 0.717) is 18.9 Å². The van der Waals surface area contributed by atoms with Gasteiger partial charge in [0.2, 0.25) is 5.91 Å². The average molecular weight is 222 g/mol. The molecule has 3 N–H and O–H groups in total. The van der Waals surface area contributed by atoms with Gasteiger partial charge >= 0.3 is 0 Å². The summed E-state index contributed by atoms with van der Waals surface area (Å²) in [6.45, 7) is 0.532. The van der Waals surface area contributed by atoms with E-state index in [9.17, 15) is 4.79 Å². The third-order valence-corrected chi connectivity index (χ3v) is 2.90. The number of nitrogens with two attached hydrogens (primary N) is 1. The van der Waals surface area contributed by atoms with Crippen molar-refractivity contribution in [2.75, 3.05) is 0 Å². The Balaban J connectivity index is 1.70. The highest BCUT2D eigenvalue weighted by Gasteiger charge is 2.29. The molecule has 88 valence electrons. The molecule has 1 fully saturated rings. The van der Waals surface area contributed by atoms with Crippen molar-refractivity contribution in [3.05, 3.63) is 18.0 Å². The van der Waals surface area contributed by atoms with Gasteiger partial charge in [-0.3, -0.25) is 9.48 Å². The molecule has 16 heavy (non-hydrogen) atoms. The summed E-state index contributed by atoms with van der Waals surface area (Å²) in [5.41, 5.74) is 6.89. The highest BCUT2D eigenvalue weighted by Crippen LogP contribution is 2.32. The van der Waals surface area contributed by atoms with Crippen LogP contribution in [-0.2, 0) is 18.4 Å². The van der Waals surface area contributed by atoms with Crippen LogP contribution in [0.4, 0.5) is 0 Å². The zero-order valence-electron chi connectivity index (χ0n) is 9.52. The molecule has 1 unspecified atom stereocenters. The van der Waals surface area contributed by atoms with Crippen molar-refractivity contribution in [1.29, 1.82) is 0 Å². The van der Waals surface area contributed by atoms with Crippen LogP contribution in [0.3, 0.4) is 0 Å². The van der Waals surface area contributed by atoms with Crippen LogP contribution >= 0.6 is 0 Å². The Morgan fingerprint density at radius 2 is 2.50 bits per heavy atom. The largest absolute Gasteiger partial charge is 0.352 e. The summed E-state index contributed by atoms with van der Waals surface area (Å²) in [5.74, 6) is 0.604. The Morgan fingerprint density at radius 1 is 1.75 bits per heavy atom. The number of carbonyl (C=O) groups excluding carboxylic acids is 1. The summed E-state index contributed by atoms with van der Waals surface area (Å²) < 4.78 is 1.72. The molecular formula is C11H18N4O. The van der Waals surface area contributed by atoms with Crippen LogP contribution in [0, 0.1) is 5.92 Å². The molecule has 5 heteroatoms. The second kappa shape index (κ2) is 4.65. The molecule has 0 radical (unpaired) electrons. The highest BCUT2D eigenvalue weighted by molar-refractivity contribution is 5.76. The topological polar surface area (TPSA) is 72.9 Å². The Morgan fingerprint density at radius 3 is 3.06 bits per heavy atom. The lowest BCUT2D eigenvalue weighted by atomic mass is 10.1. The first-order valence-electron chi connectivity index (χ1n) is 5.65. The summed E-state index contributed by atoms with van der Waals surface area (Å²) in [4.78, 5) is 11.5. The maximum Gasteiger partial charge on any atom is 0.221 e. The van der Waals surface area contributed by atoms with E-state index in [1.165, 1.54) is 12.8 Å². The first-order valence-corrected chi connectivity index (χ1v) is 5.65. The minimum absolute atomic E-state index is 0.0308. The zero-order valence-corrected chi connectivity index (χ0v) is 9.52. The Labute approximate surface area is 95.0 Å². The first-order chi connectivity index (χ1) is 7.65. The molecule has 1 aromatic heterocycles. The maximum absolute atomic E-state index is 11.5. The van der Waals surface area contributed by atoms with Gasteiger partial charge in [-0.25, -0.2) is 0 Å². The van der Waals surface area contributed by atoms with Gasteiger partial charge < -0.3 is 11.1 Å². The fraction of sp³-hybridized carbons (Fsp3) is 0.636. The second-order valence-corrected chi connectivity index (χ2v) is 4.50. The van der Waals surface area contributed by atoms with Crippen molar-refractivity contribution in [3.8, 4) is 0 Å². The van der Waals surface area contributed by atoms with Gasteiger partial charge in [0.25, 0.3) is 0 Å². The van der Waals surface area contributed by atoms with Gasteiger partial charge in [0.05, 0.1) is 6.20 Å². The standard InChI is InChI=1S/C11H18N4O/c1-15-7-8(6-14-15)5-13-11(16)4-10(12)9-2-3-9/h6-7,9-10H,2-5,12H2,1H3,(H,13,16). The Hall–Kier alpha value is -1.36. The predicted octanol–water partition coefficient (Wildman–Crippen LogP) is 0.164. The monoisotopic (exact) mass is 222 g/mol. The molecule has 5 nitrogen and oxygen atoms in total. The normalized spacial score (nSPS) is 17.1. The SMILES string of the molecule is Cn1cc(CNC(=O)CC(N)C2CC2)cn1. The maximum atomic E-state index is 11.5. The van der Waals surface area contributed by atoms with E-state index in [-0.39, 0.29) is 11.9 Å². The van der Waals surface area contributed by atoms with Crippen LogP contribution in [-0.4, -0.2) is 21.7 Å². The molecule has 0 aromatic carbocycles. The Bertz CT molecular complexity index is 370. The average Bonchev–Trinajstić information content (AvgIpc) is 3.00. The van der Waals surface area contributed by atoms with Crippen LogP contribution in [0.1, 0.15) is 24.8 Å². The van der Waals surface area contributed by atoms with Crippen LogP contribution in [0.5, 0.6) is 0 Å². The lowest BCUT2D eigenvalue weighted by Gasteiger charge is -2.09. The third kappa shape index (κ3) is 3.06.